The van der Waals surface area contributed by atoms with Gasteiger partial charge in [0, 0.05) is 17.2 Å². The molecule has 0 fully saturated rings. The molecule has 1 N–H and O–H groups in total. The topological polar surface area (TPSA) is 99.3 Å². The summed E-state index contributed by atoms with van der Waals surface area (Å²) in [4.78, 5) is 23.2. The Labute approximate surface area is 190 Å². The predicted octanol–water partition coefficient (Wildman–Crippen LogP) is 5.91. The van der Waals surface area contributed by atoms with Crippen molar-refractivity contribution in [3.63, 3.8) is 0 Å². The van der Waals surface area contributed by atoms with Crippen molar-refractivity contribution in [2.75, 3.05) is 5.32 Å². The van der Waals surface area contributed by atoms with Crippen LogP contribution in [0.5, 0.6) is 11.5 Å². The van der Waals surface area contributed by atoms with Crippen LogP contribution in [0.2, 0.25) is 10.0 Å². The number of nitrogens with one attached hydrogen (secondary N) is 1. The molecule has 0 unspecified atom stereocenters. The molecule has 1 aromatic heterocycles. The molecule has 0 radical (unpaired) electrons. The number of hydrogen-bond acceptors (Lipinski definition) is 5. The SMILES string of the molecule is Cc1nn(CC(=O)Nc2cc(Oc3ccc(Cl)cc3Cl)cc([N+](=O)[O-])c2)c(C)c1Br. The Balaban J connectivity index is 1.84. The molecule has 0 saturated heterocycles. The number of ether oxygens (including phenoxy) is 1. The van der Waals surface area contributed by atoms with Gasteiger partial charge in [0.25, 0.3) is 5.69 Å². The Bertz CT molecular complexity index is 1150. The molecule has 1 amide bonds. The Morgan fingerprint density at radius 3 is 2.60 bits per heavy atom. The summed E-state index contributed by atoms with van der Waals surface area (Å²) < 4.78 is 8.02. The number of benzene rings is 2. The molecule has 2 aromatic carbocycles. The van der Waals surface area contributed by atoms with E-state index in [-0.39, 0.29) is 34.4 Å². The number of carbonyl (C=O) groups excluding carboxylic acids is 1. The van der Waals surface area contributed by atoms with Crippen LogP contribution in [0.4, 0.5) is 11.4 Å². The molecule has 8 nitrogen and oxygen atoms in total. The van der Waals surface area contributed by atoms with E-state index in [1.807, 2.05) is 13.8 Å². The minimum Gasteiger partial charge on any atom is -0.455 e. The van der Waals surface area contributed by atoms with E-state index in [0.717, 1.165) is 15.9 Å². The number of hydrogen-bond donors (Lipinski definition) is 1. The van der Waals surface area contributed by atoms with Gasteiger partial charge >= 0.3 is 0 Å². The van der Waals surface area contributed by atoms with Gasteiger partial charge in [-0.3, -0.25) is 19.6 Å². The highest BCUT2D eigenvalue weighted by atomic mass is 79.9. The highest BCUT2D eigenvalue weighted by molar-refractivity contribution is 9.10. The molecule has 0 aliphatic heterocycles. The van der Waals surface area contributed by atoms with Crippen LogP contribution in [-0.4, -0.2) is 20.6 Å². The molecule has 0 spiro atoms. The first-order chi connectivity index (χ1) is 14.1. The monoisotopic (exact) mass is 512 g/mol. The second kappa shape index (κ2) is 9.03. The van der Waals surface area contributed by atoms with Crippen LogP contribution in [0, 0.1) is 24.0 Å². The van der Waals surface area contributed by atoms with Crippen molar-refractivity contribution >= 4 is 56.4 Å². The quantitative estimate of drug-likeness (QED) is 0.326. The summed E-state index contributed by atoms with van der Waals surface area (Å²) in [5.41, 5.74) is 1.51. The summed E-state index contributed by atoms with van der Waals surface area (Å²) in [7, 11) is 0. The van der Waals surface area contributed by atoms with Gasteiger partial charge in [-0.15, -0.1) is 0 Å². The lowest BCUT2D eigenvalue weighted by molar-refractivity contribution is -0.384. The van der Waals surface area contributed by atoms with Gasteiger partial charge in [0.15, 0.2) is 0 Å². The standard InChI is InChI=1S/C19H15BrCl2N4O4/c1-10-19(20)11(2)25(24-10)9-18(27)23-13-6-14(26(28)29)8-15(7-13)30-17-4-3-12(21)5-16(17)22/h3-8H,9H2,1-2H3,(H,23,27). The molecule has 0 bridgehead atoms. The first-order valence-electron chi connectivity index (χ1n) is 8.56. The molecule has 0 atom stereocenters. The van der Waals surface area contributed by atoms with E-state index in [1.54, 1.807) is 12.1 Å². The Morgan fingerprint density at radius 1 is 1.27 bits per heavy atom. The van der Waals surface area contributed by atoms with Crippen molar-refractivity contribution < 1.29 is 14.5 Å². The normalized spacial score (nSPS) is 10.7. The predicted molar refractivity (Wildman–Crippen MR) is 118 cm³/mol. The van der Waals surface area contributed by atoms with Gasteiger partial charge in [-0.1, -0.05) is 23.2 Å². The lowest BCUT2D eigenvalue weighted by Gasteiger charge is -2.11. The van der Waals surface area contributed by atoms with Crippen LogP contribution in [-0.2, 0) is 11.3 Å². The molecule has 3 rings (SSSR count). The van der Waals surface area contributed by atoms with Crippen molar-refractivity contribution in [3.05, 3.63) is 72.4 Å². The molecule has 3 aromatic rings. The summed E-state index contributed by atoms with van der Waals surface area (Å²) in [5.74, 6) is 0.00740. The zero-order valence-corrected chi connectivity index (χ0v) is 18.9. The number of non-ortho nitro benzene ring substituents is 1. The third-order valence-electron chi connectivity index (χ3n) is 4.09. The lowest BCUT2D eigenvalue weighted by atomic mass is 10.2. The van der Waals surface area contributed by atoms with E-state index in [0.29, 0.717) is 5.02 Å². The van der Waals surface area contributed by atoms with E-state index in [2.05, 4.69) is 26.3 Å². The molecule has 1 heterocycles. The van der Waals surface area contributed by atoms with E-state index in [4.69, 9.17) is 27.9 Å². The van der Waals surface area contributed by atoms with Gasteiger partial charge in [-0.05, 0) is 48.0 Å². The van der Waals surface area contributed by atoms with E-state index in [1.165, 1.54) is 28.9 Å². The first kappa shape index (κ1) is 22.1. The van der Waals surface area contributed by atoms with E-state index in [9.17, 15) is 14.9 Å². The zero-order valence-electron chi connectivity index (χ0n) is 15.8. The van der Waals surface area contributed by atoms with Gasteiger partial charge in [0.1, 0.15) is 18.0 Å². The summed E-state index contributed by atoms with van der Waals surface area (Å²) in [6, 6.07) is 8.56. The highest BCUT2D eigenvalue weighted by Gasteiger charge is 2.16. The number of aryl methyl sites for hydroxylation is 1. The summed E-state index contributed by atoms with van der Waals surface area (Å²) in [5, 5.41) is 18.9. The smallest absolute Gasteiger partial charge is 0.275 e. The molecule has 0 aliphatic carbocycles. The molecular formula is C19H15BrCl2N4O4. The summed E-state index contributed by atoms with van der Waals surface area (Å²) in [6.45, 7) is 3.59. The number of nitro benzene ring substituents is 1. The largest absolute Gasteiger partial charge is 0.455 e. The van der Waals surface area contributed by atoms with Gasteiger partial charge in [-0.2, -0.15) is 5.10 Å². The zero-order chi connectivity index (χ0) is 22.0. The average Bonchev–Trinajstić information content (AvgIpc) is 2.90. The van der Waals surface area contributed by atoms with E-state index >= 15 is 0 Å². The average molecular weight is 514 g/mol. The number of nitrogens with zero attached hydrogens (tertiary/aromatic N) is 3. The van der Waals surface area contributed by atoms with Gasteiger partial charge in [0.05, 0.1) is 37.6 Å². The molecule has 0 aliphatic rings. The number of carbonyl (C=O) groups is 1. The Hall–Kier alpha value is -2.62. The second-order valence-electron chi connectivity index (χ2n) is 6.34. The van der Waals surface area contributed by atoms with Crippen LogP contribution in [0.15, 0.2) is 40.9 Å². The van der Waals surface area contributed by atoms with Crippen LogP contribution < -0.4 is 10.1 Å². The van der Waals surface area contributed by atoms with Crippen molar-refractivity contribution in [1.82, 2.24) is 9.78 Å². The van der Waals surface area contributed by atoms with Crippen molar-refractivity contribution in [2.45, 2.75) is 20.4 Å². The summed E-state index contributed by atoms with van der Waals surface area (Å²) >= 11 is 15.4. The molecular weight excluding hydrogens is 499 g/mol. The number of anilines is 1. The van der Waals surface area contributed by atoms with Crippen LogP contribution >= 0.6 is 39.1 Å². The minimum absolute atomic E-state index is 0.0554. The number of amides is 1. The number of halogens is 3. The van der Waals surface area contributed by atoms with Crippen molar-refractivity contribution in [1.29, 1.82) is 0 Å². The minimum atomic E-state index is -0.579. The fourth-order valence-electron chi connectivity index (χ4n) is 2.67. The third kappa shape index (κ3) is 5.10. The van der Waals surface area contributed by atoms with Crippen LogP contribution in [0.1, 0.15) is 11.4 Å². The van der Waals surface area contributed by atoms with Gasteiger partial charge in [-0.25, -0.2) is 0 Å². The van der Waals surface area contributed by atoms with Crippen LogP contribution in [0.3, 0.4) is 0 Å². The summed E-state index contributed by atoms with van der Waals surface area (Å²) in [6.07, 6.45) is 0. The second-order valence-corrected chi connectivity index (χ2v) is 7.98. The lowest BCUT2D eigenvalue weighted by Crippen LogP contribution is -2.20. The fraction of sp³-hybridized carbons (Fsp3) is 0.158. The maximum Gasteiger partial charge on any atom is 0.275 e. The number of aromatic nitrogens is 2. The van der Waals surface area contributed by atoms with Crippen molar-refractivity contribution in [2.24, 2.45) is 0 Å². The maximum atomic E-state index is 12.5. The molecule has 30 heavy (non-hydrogen) atoms. The highest BCUT2D eigenvalue weighted by Crippen LogP contribution is 2.34. The van der Waals surface area contributed by atoms with Crippen molar-refractivity contribution in [3.8, 4) is 11.5 Å². The molecule has 156 valence electrons. The first-order valence-corrected chi connectivity index (χ1v) is 10.1. The molecule has 0 saturated carbocycles. The fourth-order valence-corrected chi connectivity index (χ4v) is 3.40. The maximum absolute atomic E-state index is 12.5. The van der Waals surface area contributed by atoms with E-state index < -0.39 is 10.8 Å². The Morgan fingerprint density at radius 2 is 2.00 bits per heavy atom. The van der Waals surface area contributed by atoms with Gasteiger partial charge < -0.3 is 10.1 Å². The van der Waals surface area contributed by atoms with Gasteiger partial charge in [0.2, 0.25) is 5.91 Å². The third-order valence-corrected chi connectivity index (χ3v) is 5.77. The number of rotatable bonds is 6. The molecule has 11 heteroatoms. The van der Waals surface area contributed by atoms with Crippen LogP contribution in [0.25, 0.3) is 0 Å². The number of nitro groups is 1. The Kier molecular flexibility index (Phi) is 6.64.